The average molecular weight is 165 g/mol. The van der Waals surface area contributed by atoms with E-state index < -0.39 is 0 Å². The van der Waals surface area contributed by atoms with Gasteiger partial charge in [-0.3, -0.25) is 0 Å². The summed E-state index contributed by atoms with van der Waals surface area (Å²) in [6.45, 7) is 4.26. The Hall–Kier alpha value is -1.05. The van der Waals surface area contributed by atoms with Crippen LogP contribution in [0.15, 0.2) is 12.3 Å². The second-order valence-corrected chi connectivity index (χ2v) is 2.90. The minimum absolute atomic E-state index is 0.701. The largest absolute Gasteiger partial charge is 0.481 e. The van der Waals surface area contributed by atoms with Crippen LogP contribution in [0.3, 0.4) is 0 Å². The van der Waals surface area contributed by atoms with Crippen molar-refractivity contribution in [3.8, 4) is 5.88 Å². The maximum Gasteiger partial charge on any atom is 0.213 e. The number of nitrogens with zero attached hydrogens (tertiary/aromatic N) is 1. The first kappa shape index (κ1) is 9.04. The van der Waals surface area contributed by atoms with Crippen LogP contribution in [0.5, 0.6) is 5.88 Å². The highest BCUT2D eigenvalue weighted by molar-refractivity contribution is 5.27. The van der Waals surface area contributed by atoms with Crippen LogP contribution in [-0.4, -0.2) is 12.1 Å². The lowest BCUT2D eigenvalue weighted by Crippen LogP contribution is -1.93. The van der Waals surface area contributed by atoms with Gasteiger partial charge in [-0.1, -0.05) is 13.3 Å². The molecule has 0 aliphatic carbocycles. The second-order valence-electron chi connectivity index (χ2n) is 2.90. The molecule has 0 fully saturated rings. The number of hydrogen-bond acceptors (Lipinski definition) is 2. The van der Waals surface area contributed by atoms with E-state index in [1.54, 1.807) is 7.11 Å². The fourth-order valence-corrected chi connectivity index (χ4v) is 1.20. The van der Waals surface area contributed by atoms with E-state index in [1.165, 1.54) is 11.1 Å². The van der Waals surface area contributed by atoms with E-state index in [1.807, 2.05) is 12.3 Å². The Kier molecular flexibility index (Phi) is 3.09. The van der Waals surface area contributed by atoms with Crippen LogP contribution in [0.2, 0.25) is 0 Å². The number of pyridine rings is 1. The molecule has 0 atom stereocenters. The molecule has 0 unspecified atom stereocenters. The van der Waals surface area contributed by atoms with E-state index in [4.69, 9.17) is 4.74 Å². The summed E-state index contributed by atoms with van der Waals surface area (Å²) in [5.41, 5.74) is 2.59. The van der Waals surface area contributed by atoms with Gasteiger partial charge in [-0.15, -0.1) is 0 Å². The van der Waals surface area contributed by atoms with Gasteiger partial charge in [0.05, 0.1) is 7.11 Å². The molecule has 0 N–H and O–H groups in total. The molecule has 2 nitrogen and oxygen atoms in total. The van der Waals surface area contributed by atoms with Crippen LogP contribution in [0, 0.1) is 6.92 Å². The number of methoxy groups -OCH3 is 1. The number of aromatic nitrogens is 1. The molecule has 0 saturated carbocycles. The van der Waals surface area contributed by atoms with Gasteiger partial charge in [-0.2, -0.15) is 0 Å². The minimum Gasteiger partial charge on any atom is -0.481 e. The zero-order chi connectivity index (χ0) is 8.97. The fourth-order valence-electron chi connectivity index (χ4n) is 1.20. The third-order valence-electron chi connectivity index (χ3n) is 1.92. The fraction of sp³-hybridized carbons (Fsp3) is 0.500. The van der Waals surface area contributed by atoms with Gasteiger partial charge in [-0.05, 0) is 24.5 Å². The number of aryl methyl sites for hydroxylation is 2. The molecule has 0 radical (unpaired) electrons. The molecular formula is C10H15NO. The zero-order valence-electron chi connectivity index (χ0n) is 7.92. The number of hydrogen-bond donors (Lipinski definition) is 0. The van der Waals surface area contributed by atoms with Gasteiger partial charge in [0.1, 0.15) is 0 Å². The molecule has 1 heterocycles. The van der Waals surface area contributed by atoms with Crippen molar-refractivity contribution in [2.24, 2.45) is 0 Å². The summed E-state index contributed by atoms with van der Waals surface area (Å²) >= 11 is 0. The Labute approximate surface area is 73.6 Å². The second kappa shape index (κ2) is 4.10. The SMILES string of the molecule is CCCc1cnc(OC)cc1C. The van der Waals surface area contributed by atoms with E-state index in [2.05, 4.69) is 18.8 Å². The van der Waals surface area contributed by atoms with E-state index >= 15 is 0 Å². The third kappa shape index (κ3) is 1.97. The summed E-state index contributed by atoms with van der Waals surface area (Å²) < 4.78 is 5.02. The summed E-state index contributed by atoms with van der Waals surface area (Å²) in [6, 6.07) is 1.98. The highest BCUT2D eigenvalue weighted by Gasteiger charge is 1.99. The lowest BCUT2D eigenvalue weighted by molar-refractivity contribution is 0.397. The van der Waals surface area contributed by atoms with Crippen molar-refractivity contribution in [2.45, 2.75) is 26.7 Å². The van der Waals surface area contributed by atoms with Crippen LogP contribution >= 0.6 is 0 Å². The Balaban J connectivity index is 2.87. The van der Waals surface area contributed by atoms with E-state index in [9.17, 15) is 0 Å². The van der Waals surface area contributed by atoms with Crippen LogP contribution < -0.4 is 4.74 Å². The molecule has 1 aromatic heterocycles. The van der Waals surface area contributed by atoms with Crippen molar-refractivity contribution >= 4 is 0 Å². The molecule has 0 aromatic carbocycles. The Morgan fingerprint density at radius 1 is 1.50 bits per heavy atom. The maximum absolute atomic E-state index is 5.02. The van der Waals surface area contributed by atoms with Crippen molar-refractivity contribution in [1.82, 2.24) is 4.98 Å². The van der Waals surface area contributed by atoms with Gasteiger partial charge in [0.2, 0.25) is 5.88 Å². The van der Waals surface area contributed by atoms with Crippen LogP contribution in [0.4, 0.5) is 0 Å². The van der Waals surface area contributed by atoms with E-state index in [0.717, 1.165) is 12.8 Å². The summed E-state index contributed by atoms with van der Waals surface area (Å²) in [7, 11) is 1.64. The quantitative estimate of drug-likeness (QED) is 0.686. The highest BCUT2D eigenvalue weighted by Crippen LogP contribution is 2.14. The standard InChI is InChI=1S/C10H15NO/c1-4-5-9-7-11-10(12-3)6-8(9)2/h6-7H,4-5H2,1-3H3. The van der Waals surface area contributed by atoms with Crippen LogP contribution in [0.25, 0.3) is 0 Å². The molecule has 12 heavy (non-hydrogen) atoms. The van der Waals surface area contributed by atoms with Crippen molar-refractivity contribution < 1.29 is 4.74 Å². The molecule has 0 saturated heterocycles. The molecule has 1 rings (SSSR count). The van der Waals surface area contributed by atoms with Gasteiger partial charge in [0.25, 0.3) is 0 Å². The first-order chi connectivity index (χ1) is 5.77. The maximum atomic E-state index is 5.02. The van der Waals surface area contributed by atoms with E-state index in [0.29, 0.717) is 5.88 Å². The van der Waals surface area contributed by atoms with Gasteiger partial charge in [-0.25, -0.2) is 4.98 Å². The lowest BCUT2D eigenvalue weighted by Gasteiger charge is -2.05. The molecule has 0 bridgehead atoms. The monoisotopic (exact) mass is 165 g/mol. The number of rotatable bonds is 3. The summed E-state index contributed by atoms with van der Waals surface area (Å²) in [5.74, 6) is 0.701. The molecule has 0 amide bonds. The van der Waals surface area contributed by atoms with Gasteiger partial charge < -0.3 is 4.74 Å². The van der Waals surface area contributed by atoms with Crippen LogP contribution in [-0.2, 0) is 6.42 Å². The molecule has 2 heteroatoms. The number of ether oxygens (including phenoxy) is 1. The molecular weight excluding hydrogens is 150 g/mol. The van der Waals surface area contributed by atoms with Gasteiger partial charge in [0, 0.05) is 12.3 Å². The van der Waals surface area contributed by atoms with Gasteiger partial charge in [0.15, 0.2) is 0 Å². The zero-order valence-corrected chi connectivity index (χ0v) is 7.92. The molecule has 0 spiro atoms. The first-order valence-electron chi connectivity index (χ1n) is 4.27. The Morgan fingerprint density at radius 3 is 2.75 bits per heavy atom. The average Bonchev–Trinajstić information content (AvgIpc) is 2.09. The van der Waals surface area contributed by atoms with Crippen molar-refractivity contribution in [3.05, 3.63) is 23.4 Å². The minimum atomic E-state index is 0.701. The summed E-state index contributed by atoms with van der Waals surface area (Å²) in [4.78, 5) is 4.15. The molecule has 0 aliphatic heterocycles. The Bertz CT molecular complexity index is 258. The predicted molar refractivity (Wildman–Crippen MR) is 49.5 cm³/mol. The predicted octanol–water partition coefficient (Wildman–Crippen LogP) is 2.35. The molecule has 1 aromatic rings. The molecule has 0 aliphatic rings. The topological polar surface area (TPSA) is 22.1 Å². The van der Waals surface area contributed by atoms with Crippen molar-refractivity contribution in [1.29, 1.82) is 0 Å². The Morgan fingerprint density at radius 2 is 2.25 bits per heavy atom. The molecule has 66 valence electrons. The third-order valence-corrected chi connectivity index (χ3v) is 1.92. The van der Waals surface area contributed by atoms with Crippen molar-refractivity contribution in [3.63, 3.8) is 0 Å². The van der Waals surface area contributed by atoms with Crippen molar-refractivity contribution in [2.75, 3.05) is 7.11 Å². The normalized spacial score (nSPS) is 9.92. The summed E-state index contributed by atoms with van der Waals surface area (Å²) in [6.07, 6.45) is 4.16. The highest BCUT2D eigenvalue weighted by atomic mass is 16.5. The smallest absolute Gasteiger partial charge is 0.213 e. The first-order valence-corrected chi connectivity index (χ1v) is 4.27. The van der Waals surface area contributed by atoms with E-state index in [-0.39, 0.29) is 0 Å². The lowest BCUT2D eigenvalue weighted by atomic mass is 10.1. The van der Waals surface area contributed by atoms with Crippen LogP contribution in [0.1, 0.15) is 24.5 Å². The van der Waals surface area contributed by atoms with Gasteiger partial charge >= 0.3 is 0 Å². The summed E-state index contributed by atoms with van der Waals surface area (Å²) in [5, 5.41) is 0.